The van der Waals surface area contributed by atoms with Crippen molar-refractivity contribution in [2.24, 2.45) is 10.8 Å². The van der Waals surface area contributed by atoms with E-state index in [2.05, 4.69) is 12.2 Å². The molecule has 3 nitrogen and oxygen atoms in total. The van der Waals surface area contributed by atoms with Gasteiger partial charge in [-0.25, -0.2) is 0 Å². The average Bonchev–Trinajstić information content (AvgIpc) is 2.74. The van der Waals surface area contributed by atoms with E-state index in [1.54, 1.807) is 0 Å². The van der Waals surface area contributed by atoms with Crippen LogP contribution in [0.2, 0.25) is 0 Å². The van der Waals surface area contributed by atoms with E-state index >= 15 is 0 Å². The quantitative estimate of drug-likeness (QED) is 0.731. The molecule has 2 fully saturated rings. The molecule has 1 atom stereocenters. The number of nitrogens with one attached hydrogen (secondary N) is 1. The molecule has 1 saturated carbocycles. The standard InChI is InChI=1S/C13H23NO2/c1-11(2,3)16-10(15)7-12(4)8-14-9-13(12)5-6-13/h14H,5-9H2,1-4H3/t12-/m1/s1. The van der Waals surface area contributed by atoms with E-state index in [4.69, 9.17) is 4.74 Å². The third-order valence-corrected chi connectivity index (χ3v) is 4.07. The maximum absolute atomic E-state index is 11.9. The van der Waals surface area contributed by atoms with Crippen LogP contribution in [-0.2, 0) is 9.53 Å². The third-order valence-electron chi connectivity index (χ3n) is 4.07. The number of hydrogen-bond donors (Lipinski definition) is 1. The van der Waals surface area contributed by atoms with Gasteiger partial charge >= 0.3 is 5.97 Å². The molecule has 0 aromatic rings. The fraction of sp³-hybridized carbons (Fsp3) is 0.923. The molecule has 1 aliphatic carbocycles. The van der Waals surface area contributed by atoms with Crippen LogP contribution >= 0.6 is 0 Å². The van der Waals surface area contributed by atoms with Crippen LogP contribution in [0.5, 0.6) is 0 Å². The van der Waals surface area contributed by atoms with E-state index in [0.29, 0.717) is 11.8 Å². The first-order chi connectivity index (χ1) is 7.27. The van der Waals surface area contributed by atoms with Crippen molar-refractivity contribution in [1.82, 2.24) is 5.32 Å². The summed E-state index contributed by atoms with van der Waals surface area (Å²) in [5.74, 6) is -0.0509. The lowest BCUT2D eigenvalue weighted by atomic mass is 9.74. The van der Waals surface area contributed by atoms with Crippen molar-refractivity contribution in [2.75, 3.05) is 13.1 Å². The maximum atomic E-state index is 11.9. The molecule has 0 radical (unpaired) electrons. The Morgan fingerprint density at radius 2 is 1.94 bits per heavy atom. The van der Waals surface area contributed by atoms with Gasteiger partial charge in [0, 0.05) is 13.1 Å². The second-order valence-electron chi connectivity index (χ2n) is 6.71. The summed E-state index contributed by atoms with van der Waals surface area (Å²) in [6.45, 7) is 10.0. The zero-order chi connectivity index (χ0) is 12.0. The predicted molar refractivity (Wildman–Crippen MR) is 63.1 cm³/mol. The zero-order valence-corrected chi connectivity index (χ0v) is 10.9. The first kappa shape index (κ1) is 11.9. The third kappa shape index (κ3) is 2.10. The lowest BCUT2D eigenvalue weighted by Crippen LogP contribution is -2.34. The lowest BCUT2D eigenvalue weighted by Gasteiger charge is -2.31. The van der Waals surface area contributed by atoms with Crippen molar-refractivity contribution in [2.45, 2.75) is 52.6 Å². The summed E-state index contributed by atoms with van der Waals surface area (Å²) in [4.78, 5) is 11.9. The zero-order valence-electron chi connectivity index (χ0n) is 10.9. The van der Waals surface area contributed by atoms with Crippen LogP contribution in [-0.4, -0.2) is 24.7 Å². The normalized spacial score (nSPS) is 31.8. The number of ether oxygens (including phenoxy) is 1. The summed E-state index contributed by atoms with van der Waals surface area (Å²) in [7, 11) is 0. The van der Waals surface area contributed by atoms with E-state index in [0.717, 1.165) is 13.1 Å². The summed E-state index contributed by atoms with van der Waals surface area (Å²) in [6, 6.07) is 0. The van der Waals surface area contributed by atoms with Gasteiger partial charge in [0.15, 0.2) is 0 Å². The average molecular weight is 225 g/mol. The van der Waals surface area contributed by atoms with Crippen LogP contribution in [0, 0.1) is 10.8 Å². The van der Waals surface area contributed by atoms with Crippen LogP contribution in [0.15, 0.2) is 0 Å². The van der Waals surface area contributed by atoms with Crippen LogP contribution in [0.25, 0.3) is 0 Å². The lowest BCUT2D eigenvalue weighted by molar-refractivity contribution is -0.158. The monoisotopic (exact) mass is 225 g/mol. The van der Waals surface area contributed by atoms with Gasteiger partial charge in [-0.1, -0.05) is 6.92 Å². The summed E-state index contributed by atoms with van der Waals surface area (Å²) in [6.07, 6.45) is 3.08. The van der Waals surface area contributed by atoms with Gasteiger partial charge in [-0.3, -0.25) is 4.79 Å². The molecular weight excluding hydrogens is 202 g/mol. The van der Waals surface area contributed by atoms with Gasteiger partial charge in [0.05, 0.1) is 6.42 Å². The first-order valence-corrected chi connectivity index (χ1v) is 6.19. The van der Waals surface area contributed by atoms with E-state index in [1.807, 2.05) is 20.8 Å². The Bertz CT molecular complexity index is 302. The Balaban J connectivity index is 1.96. The fourth-order valence-corrected chi connectivity index (χ4v) is 2.86. The van der Waals surface area contributed by atoms with Gasteiger partial charge in [0.25, 0.3) is 0 Å². The van der Waals surface area contributed by atoms with E-state index in [1.165, 1.54) is 12.8 Å². The number of carbonyl (C=O) groups excluding carboxylic acids is 1. The summed E-state index contributed by atoms with van der Waals surface area (Å²) >= 11 is 0. The van der Waals surface area contributed by atoms with Crippen molar-refractivity contribution < 1.29 is 9.53 Å². The van der Waals surface area contributed by atoms with Crippen LogP contribution in [0.4, 0.5) is 0 Å². The maximum Gasteiger partial charge on any atom is 0.306 e. The van der Waals surface area contributed by atoms with Gasteiger partial charge in [-0.05, 0) is 44.4 Å². The number of esters is 1. The Morgan fingerprint density at radius 3 is 2.44 bits per heavy atom. The van der Waals surface area contributed by atoms with Gasteiger partial charge in [0.2, 0.25) is 0 Å². The SMILES string of the molecule is CC(C)(C)OC(=O)C[C@]1(C)CNCC12CC2. The topological polar surface area (TPSA) is 38.3 Å². The highest BCUT2D eigenvalue weighted by Gasteiger charge is 2.60. The molecule has 1 heterocycles. The molecule has 2 aliphatic rings. The van der Waals surface area contributed by atoms with E-state index < -0.39 is 0 Å². The summed E-state index contributed by atoms with van der Waals surface area (Å²) in [5.41, 5.74) is 0.134. The molecule has 0 unspecified atom stereocenters. The van der Waals surface area contributed by atoms with E-state index in [-0.39, 0.29) is 17.0 Å². The molecule has 0 amide bonds. The van der Waals surface area contributed by atoms with Gasteiger partial charge < -0.3 is 10.1 Å². The molecular formula is C13H23NO2. The minimum absolute atomic E-state index is 0.0509. The van der Waals surface area contributed by atoms with Crippen LogP contribution in [0.1, 0.15) is 47.0 Å². The molecule has 3 heteroatoms. The molecule has 0 aromatic heterocycles. The summed E-state index contributed by atoms with van der Waals surface area (Å²) < 4.78 is 5.42. The number of carbonyl (C=O) groups is 1. The minimum Gasteiger partial charge on any atom is -0.460 e. The fourth-order valence-electron chi connectivity index (χ4n) is 2.86. The van der Waals surface area contributed by atoms with Crippen molar-refractivity contribution in [1.29, 1.82) is 0 Å². The Labute approximate surface area is 97.9 Å². The number of hydrogen-bond acceptors (Lipinski definition) is 3. The van der Waals surface area contributed by atoms with Crippen molar-refractivity contribution in [3.05, 3.63) is 0 Å². The second kappa shape index (κ2) is 3.46. The molecule has 0 bridgehead atoms. The first-order valence-electron chi connectivity index (χ1n) is 6.19. The Kier molecular flexibility index (Phi) is 2.57. The Morgan fingerprint density at radius 1 is 1.31 bits per heavy atom. The molecule has 2 rings (SSSR count). The Hall–Kier alpha value is -0.570. The molecule has 92 valence electrons. The molecule has 0 aromatic carbocycles. The smallest absolute Gasteiger partial charge is 0.306 e. The van der Waals surface area contributed by atoms with Gasteiger partial charge in [-0.2, -0.15) is 0 Å². The highest BCUT2D eigenvalue weighted by Crippen LogP contribution is 2.62. The predicted octanol–water partition coefficient (Wildman–Crippen LogP) is 2.11. The van der Waals surface area contributed by atoms with E-state index in [9.17, 15) is 4.79 Å². The molecule has 1 aliphatic heterocycles. The largest absolute Gasteiger partial charge is 0.460 e. The van der Waals surface area contributed by atoms with Crippen LogP contribution < -0.4 is 5.32 Å². The minimum atomic E-state index is -0.365. The molecule has 16 heavy (non-hydrogen) atoms. The second-order valence-corrected chi connectivity index (χ2v) is 6.71. The molecule has 1 N–H and O–H groups in total. The number of rotatable bonds is 2. The van der Waals surface area contributed by atoms with Crippen molar-refractivity contribution >= 4 is 5.97 Å². The van der Waals surface area contributed by atoms with Gasteiger partial charge in [-0.15, -0.1) is 0 Å². The molecule has 1 spiro atoms. The van der Waals surface area contributed by atoms with Gasteiger partial charge in [0.1, 0.15) is 5.60 Å². The summed E-state index contributed by atoms with van der Waals surface area (Å²) in [5, 5.41) is 3.43. The van der Waals surface area contributed by atoms with Crippen molar-refractivity contribution in [3.63, 3.8) is 0 Å². The highest BCUT2D eigenvalue weighted by molar-refractivity contribution is 5.71. The van der Waals surface area contributed by atoms with Crippen molar-refractivity contribution in [3.8, 4) is 0 Å². The highest BCUT2D eigenvalue weighted by atomic mass is 16.6. The van der Waals surface area contributed by atoms with Crippen LogP contribution in [0.3, 0.4) is 0 Å². The molecule has 1 saturated heterocycles.